The summed E-state index contributed by atoms with van der Waals surface area (Å²) in [4.78, 5) is 8.27. The van der Waals surface area contributed by atoms with Gasteiger partial charge in [-0.3, -0.25) is 10.4 Å². The number of nitrogen functional groups attached to an aromatic ring is 1. The monoisotopic (exact) mass is 216 g/mol. The van der Waals surface area contributed by atoms with Gasteiger partial charge in [0.05, 0.1) is 5.69 Å². The van der Waals surface area contributed by atoms with Crippen molar-refractivity contribution in [2.75, 3.05) is 0 Å². The highest BCUT2D eigenvalue weighted by atomic mass is 15.3. The van der Waals surface area contributed by atoms with E-state index in [1.165, 1.54) is 0 Å². The van der Waals surface area contributed by atoms with Crippen LogP contribution in [0.25, 0.3) is 5.69 Å². The molecule has 0 aromatic carbocycles. The average molecular weight is 216 g/mol. The highest BCUT2D eigenvalue weighted by molar-refractivity contribution is 5.96. The van der Waals surface area contributed by atoms with Gasteiger partial charge in [-0.1, -0.05) is 0 Å². The molecule has 6 nitrogen and oxygen atoms in total. The van der Waals surface area contributed by atoms with Crippen LogP contribution in [0.15, 0.2) is 18.3 Å². The smallest absolute Gasteiger partial charge is 0.148 e. The van der Waals surface area contributed by atoms with Gasteiger partial charge in [-0.2, -0.15) is 5.10 Å². The summed E-state index contributed by atoms with van der Waals surface area (Å²) in [5.41, 5.74) is 6.55. The molecule has 82 valence electrons. The molecule has 0 spiro atoms. The fourth-order valence-electron chi connectivity index (χ4n) is 1.52. The van der Waals surface area contributed by atoms with Crippen molar-refractivity contribution in [1.82, 2.24) is 19.7 Å². The molecule has 0 aliphatic heterocycles. The van der Waals surface area contributed by atoms with E-state index in [0.717, 1.165) is 5.82 Å². The normalized spacial score (nSPS) is 10.4. The lowest BCUT2D eigenvalue weighted by Gasteiger charge is -2.07. The van der Waals surface area contributed by atoms with Crippen LogP contribution in [0.4, 0.5) is 0 Å². The predicted octanol–water partition coefficient (Wildman–Crippen LogP) is 0.563. The molecule has 0 aliphatic rings. The van der Waals surface area contributed by atoms with Crippen LogP contribution in [-0.2, 0) is 0 Å². The first-order chi connectivity index (χ1) is 7.59. The standard InChI is InChI=1S/C10H12N6/c1-6-14-7(2)16(15-6)8-4-3-5-13-9(8)10(11)12/h3-5H,1-2H3,(H3,11,12). The van der Waals surface area contributed by atoms with E-state index in [2.05, 4.69) is 15.1 Å². The molecule has 0 aliphatic carbocycles. The summed E-state index contributed by atoms with van der Waals surface area (Å²) in [6, 6.07) is 3.59. The number of aromatic nitrogens is 4. The van der Waals surface area contributed by atoms with Gasteiger partial charge in [0.1, 0.15) is 23.2 Å². The summed E-state index contributed by atoms with van der Waals surface area (Å²) in [6.07, 6.45) is 1.60. The molecule has 6 heteroatoms. The lowest BCUT2D eigenvalue weighted by atomic mass is 10.3. The Bertz CT molecular complexity index is 542. The minimum atomic E-state index is -0.0804. The predicted molar refractivity (Wildman–Crippen MR) is 59.6 cm³/mol. The van der Waals surface area contributed by atoms with Gasteiger partial charge in [-0.15, -0.1) is 0 Å². The minimum absolute atomic E-state index is 0.0804. The maximum Gasteiger partial charge on any atom is 0.148 e. The van der Waals surface area contributed by atoms with Crippen LogP contribution in [0.2, 0.25) is 0 Å². The maximum absolute atomic E-state index is 7.46. The summed E-state index contributed by atoms with van der Waals surface area (Å²) < 4.78 is 1.64. The Hall–Kier alpha value is -2.24. The molecule has 0 fully saturated rings. The Balaban J connectivity index is 2.64. The van der Waals surface area contributed by atoms with Gasteiger partial charge < -0.3 is 5.73 Å². The van der Waals surface area contributed by atoms with Crippen molar-refractivity contribution < 1.29 is 0 Å². The number of hydrogen-bond donors (Lipinski definition) is 2. The number of aryl methyl sites for hydroxylation is 2. The minimum Gasteiger partial charge on any atom is -0.382 e. The second-order valence-electron chi connectivity index (χ2n) is 3.40. The third-order valence-corrected chi connectivity index (χ3v) is 2.14. The van der Waals surface area contributed by atoms with Gasteiger partial charge in [0.25, 0.3) is 0 Å². The molecule has 0 atom stereocenters. The van der Waals surface area contributed by atoms with Crippen molar-refractivity contribution in [3.05, 3.63) is 35.7 Å². The van der Waals surface area contributed by atoms with E-state index < -0.39 is 0 Å². The second kappa shape index (κ2) is 3.73. The summed E-state index contributed by atoms with van der Waals surface area (Å²) in [7, 11) is 0. The average Bonchev–Trinajstić information content (AvgIpc) is 2.57. The van der Waals surface area contributed by atoms with Crippen LogP contribution >= 0.6 is 0 Å². The zero-order chi connectivity index (χ0) is 11.7. The van der Waals surface area contributed by atoms with Crippen molar-refractivity contribution >= 4 is 5.84 Å². The Morgan fingerprint density at radius 2 is 2.19 bits per heavy atom. The van der Waals surface area contributed by atoms with Gasteiger partial charge >= 0.3 is 0 Å². The number of nitrogens with one attached hydrogen (secondary N) is 1. The van der Waals surface area contributed by atoms with E-state index in [9.17, 15) is 0 Å². The maximum atomic E-state index is 7.46. The van der Waals surface area contributed by atoms with Crippen LogP contribution in [0, 0.1) is 19.3 Å². The van der Waals surface area contributed by atoms with E-state index in [4.69, 9.17) is 11.1 Å². The molecule has 2 heterocycles. The topological polar surface area (TPSA) is 93.5 Å². The Morgan fingerprint density at radius 1 is 1.44 bits per heavy atom. The van der Waals surface area contributed by atoms with Gasteiger partial charge in [0.15, 0.2) is 0 Å². The van der Waals surface area contributed by atoms with Crippen molar-refractivity contribution in [2.24, 2.45) is 5.73 Å². The number of nitrogens with zero attached hydrogens (tertiary/aromatic N) is 4. The van der Waals surface area contributed by atoms with E-state index >= 15 is 0 Å². The van der Waals surface area contributed by atoms with Crippen LogP contribution in [-0.4, -0.2) is 25.6 Å². The summed E-state index contributed by atoms with van der Waals surface area (Å²) >= 11 is 0. The molecule has 0 saturated heterocycles. The van der Waals surface area contributed by atoms with Gasteiger partial charge in [-0.05, 0) is 26.0 Å². The van der Waals surface area contributed by atoms with E-state index in [0.29, 0.717) is 17.2 Å². The number of rotatable bonds is 2. The number of pyridine rings is 1. The van der Waals surface area contributed by atoms with Crippen LogP contribution < -0.4 is 5.73 Å². The molecule has 2 aromatic rings. The molecular formula is C10H12N6. The molecular weight excluding hydrogens is 204 g/mol. The van der Waals surface area contributed by atoms with Crippen LogP contribution in [0.5, 0.6) is 0 Å². The molecule has 3 N–H and O–H groups in total. The molecule has 0 radical (unpaired) electrons. The van der Waals surface area contributed by atoms with E-state index in [-0.39, 0.29) is 5.84 Å². The zero-order valence-corrected chi connectivity index (χ0v) is 9.10. The van der Waals surface area contributed by atoms with E-state index in [1.807, 2.05) is 19.9 Å². The highest BCUT2D eigenvalue weighted by Crippen LogP contribution is 2.12. The number of hydrogen-bond acceptors (Lipinski definition) is 4. The Morgan fingerprint density at radius 3 is 2.75 bits per heavy atom. The fourth-order valence-corrected chi connectivity index (χ4v) is 1.52. The first-order valence-corrected chi connectivity index (χ1v) is 4.79. The van der Waals surface area contributed by atoms with Crippen molar-refractivity contribution in [2.45, 2.75) is 13.8 Å². The fraction of sp³-hybridized carbons (Fsp3) is 0.200. The molecule has 16 heavy (non-hydrogen) atoms. The van der Waals surface area contributed by atoms with Crippen molar-refractivity contribution in [3.63, 3.8) is 0 Å². The van der Waals surface area contributed by atoms with Crippen LogP contribution in [0.1, 0.15) is 17.3 Å². The molecule has 0 saturated carbocycles. The zero-order valence-electron chi connectivity index (χ0n) is 9.10. The third kappa shape index (κ3) is 1.65. The second-order valence-corrected chi connectivity index (χ2v) is 3.40. The highest BCUT2D eigenvalue weighted by Gasteiger charge is 2.12. The van der Waals surface area contributed by atoms with Crippen molar-refractivity contribution in [3.8, 4) is 5.69 Å². The molecule has 2 aromatic heterocycles. The lowest BCUT2D eigenvalue weighted by molar-refractivity contribution is 0.823. The van der Waals surface area contributed by atoms with Crippen molar-refractivity contribution in [1.29, 1.82) is 5.41 Å². The first-order valence-electron chi connectivity index (χ1n) is 4.79. The van der Waals surface area contributed by atoms with E-state index in [1.54, 1.807) is 16.9 Å². The third-order valence-electron chi connectivity index (χ3n) is 2.14. The Labute approximate surface area is 92.7 Å². The van der Waals surface area contributed by atoms with Gasteiger partial charge in [0.2, 0.25) is 0 Å². The molecule has 0 amide bonds. The largest absolute Gasteiger partial charge is 0.382 e. The molecule has 2 rings (SSSR count). The Kier molecular flexibility index (Phi) is 2.40. The number of amidine groups is 1. The van der Waals surface area contributed by atoms with Gasteiger partial charge in [0, 0.05) is 6.20 Å². The summed E-state index contributed by atoms with van der Waals surface area (Å²) in [6.45, 7) is 3.66. The quantitative estimate of drug-likeness (QED) is 0.566. The summed E-state index contributed by atoms with van der Waals surface area (Å²) in [5, 5.41) is 11.7. The SMILES string of the molecule is Cc1nc(C)n(-c2cccnc2C(=N)N)n1. The summed E-state index contributed by atoms with van der Waals surface area (Å²) in [5.74, 6) is 1.34. The first kappa shape index (κ1) is 10.3. The molecule has 0 bridgehead atoms. The number of nitrogens with two attached hydrogens (primary N) is 1. The lowest BCUT2D eigenvalue weighted by Crippen LogP contribution is -2.17. The van der Waals surface area contributed by atoms with Gasteiger partial charge in [-0.25, -0.2) is 9.67 Å². The molecule has 0 unspecified atom stereocenters. The van der Waals surface area contributed by atoms with Crippen LogP contribution in [0.3, 0.4) is 0 Å².